The van der Waals surface area contributed by atoms with Crippen molar-refractivity contribution in [2.24, 2.45) is 0 Å². The van der Waals surface area contributed by atoms with E-state index in [0.717, 1.165) is 45.8 Å². The zero-order chi connectivity index (χ0) is 17.1. The van der Waals surface area contributed by atoms with Gasteiger partial charge < -0.3 is 0 Å². The van der Waals surface area contributed by atoms with Crippen LogP contribution in [0.25, 0.3) is 0 Å². The number of piperazine rings is 1. The molecule has 0 atom stereocenters. The van der Waals surface area contributed by atoms with Crippen molar-refractivity contribution >= 4 is 0 Å². The average Bonchev–Trinajstić information content (AvgIpc) is 3.05. The second-order valence-electron chi connectivity index (χ2n) is 7.00. The van der Waals surface area contributed by atoms with E-state index >= 15 is 0 Å². The van der Waals surface area contributed by atoms with Crippen molar-refractivity contribution in [2.45, 2.75) is 38.9 Å². The Morgan fingerprint density at radius 2 is 1.80 bits per heavy atom. The molecule has 1 fully saturated rings. The van der Waals surface area contributed by atoms with Crippen LogP contribution in [0.1, 0.15) is 24.1 Å². The van der Waals surface area contributed by atoms with Crippen LogP contribution in [0.4, 0.5) is 0 Å². The summed E-state index contributed by atoms with van der Waals surface area (Å²) in [7, 11) is 0. The highest BCUT2D eigenvalue weighted by atomic mass is 16.1. The monoisotopic (exact) mass is 342 g/mol. The molecule has 134 valence electrons. The molecule has 2 aliphatic rings. The van der Waals surface area contributed by atoms with Gasteiger partial charge >= 0.3 is 0 Å². The first-order valence-corrected chi connectivity index (χ1v) is 9.30. The summed E-state index contributed by atoms with van der Waals surface area (Å²) in [5.74, 6) is 0. The first kappa shape index (κ1) is 16.5. The molecule has 0 aromatic carbocycles. The van der Waals surface area contributed by atoms with Crippen molar-refractivity contribution in [3.05, 3.63) is 46.1 Å². The minimum atomic E-state index is -0.0212. The molecule has 2 aliphatic heterocycles. The largest absolute Gasteiger partial charge is 0.299 e. The molecule has 1 saturated heterocycles. The smallest absolute Gasteiger partial charge is 0.266 e. The van der Waals surface area contributed by atoms with Crippen molar-refractivity contribution in [3.63, 3.8) is 0 Å². The highest BCUT2D eigenvalue weighted by molar-refractivity contribution is 5.19. The fourth-order valence-corrected chi connectivity index (χ4v) is 3.82. The van der Waals surface area contributed by atoms with Gasteiger partial charge in [-0.2, -0.15) is 10.2 Å². The Labute approximate surface area is 147 Å². The number of fused-ring (bicyclic) bond motifs is 1. The third-order valence-electron chi connectivity index (χ3n) is 5.34. The van der Waals surface area contributed by atoms with E-state index in [4.69, 9.17) is 0 Å². The minimum Gasteiger partial charge on any atom is -0.299 e. The summed E-state index contributed by atoms with van der Waals surface area (Å²) in [6.45, 7) is 7.88. The molecule has 25 heavy (non-hydrogen) atoms. The van der Waals surface area contributed by atoms with Crippen molar-refractivity contribution in [3.8, 4) is 0 Å². The molecule has 7 nitrogen and oxygen atoms in total. The van der Waals surface area contributed by atoms with Gasteiger partial charge in [-0.05, 0) is 25.3 Å². The lowest BCUT2D eigenvalue weighted by atomic mass is 10.1. The fraction of sp³-hybridized carbons (Fsp3) is 0.611. The molecule has 2 aromatic rings. The standard InChI is InChI=1S/C18H26N6O/c25-18-5-3-6-19-24(18)13-12-21-8-10-22(11-9-21)15-16-14-20-23-7-2-1-4-17(16)23/h3,5-6,14H,1-2,4,7-13,15H2. The summed E-state index contributed by atoms with van der Waals surface area (Å²) < 4.78 is 3.74. The normalized spacial score (nSPS) is 19.0. The van der Waals surface area contributed by atoms with E-state index in [1.54, 1.807) is 23.0 Å². The lowest BCUT2D eigenvalue weighted by Gasteiger charge is -2.34. The Morgan fingerprint density at radius 1 is 0.960 bits per heavy atom. The van der Waals surface area contributed by atoms with Gasteiger partial charge in [-0.3, -0.25) is 19.3 Å². The summed E-state index contributed by atoms with van der Waals surface area (Å²) in [5, 5.41) is 8.67. The quantitative estimate of drug-likeness (QED) is 0.796. The zero-order valence-electron chi connectivity index (χ0n) is 14.7. The van der Waals surface area contributed by atoms with E-state index in [1.807, 2.05) is 0 Å². The van der Waals surface area contributed by atoms with Crippen LogP contribution >= 0.6 is 0 Å². The third-order valence-corrected chi connectivity index (χ3v) is 5.34. The summed E-state index contributed by atoms with van der Waals surface area (Å²) in [4.78, 5) is 16.7. The first-order chi connectivity index (χ1) is 12.3. The summed E-state index contributed by atoms with van der Waals surface area (Å²) in [5.41, 5.74) is 2.84. The molecule has 2 aromatic heterocycles. The average molecular weight is 342 g/mol. The van der Waals surface area contributed by atoms with Crippen molar-refractivity contribution in [1.82, 2.24) is 29.4 Å². The van der Waals surface area contributed by atoms with Crippen LogP contribution in [-0.2, 0) is 26.1 Å². The van der Waals surface area contributed by atoms with Gasteiger partial charge in [0, 0.05) is 69.3 Å². The molecule has 0 bridgehead atoms. The van der Waals surface area contributed by atoms with Gasteiger partial charge in [-0.25, -0.2) is 4.68 Å². The zero-order valence-corrected chi connectivity index (χ0v) is 14.7. The van der Waals surface area contributed by atoms with E-state index in [-0.39, 0.29) is 5.56 Å². The highest BCUT2D eigenvalue weighted by Crippen LogP contribution is 2.20. The first-order valence-electron chi connectivity index (χ1n) is 9.30. The Balaban J connectivity index is 1.26. The van der Waals surface area contributed by atoms with E-state index < -0.39 is 0 Å². The summed E-state index contributed by atoms with van der Waals surface area (Å²) in [6, 6.07) is 3.25. The van der Waals surface area contributed by atoms with E-state index in [9.17, 15) is 4.79 Å². The van der Waals surface area contributed by atoms with Crippen LogP contribution in [0.2, 0.25) is 0 Å². The van der Waals surface area contributed by atoms with Gasteiger partial charge in [0.2, 0.25) is 0 Å². The van der Waals surface area contributed by atoms with E-state index in [0.29, 0.717) is 6.54 Å². The minimum absolute atomic E-state index is 0.0212. The van der Waals surface area contributed by atoms with Gasteiger partial charge in [0.05, 0.1) is 12.7 Å². The molecule has 0 unspecified atom stereocenters. The summed E-state index contributed by atoms with van der Waals surface area (Å²) in [6.07, 6.45) is 7.46. The SMILES string of the molecule is O=c1cccnn1CCN1CCN(Cc2cnn3c2CCCC3)CC1. The molecule has 0 N–H and O–H groups in total. The van der Waals surface area contributed by atoms with Crippen LogP contribution in [0, 0.1) is 0 Å². The van der Waals surface area contributed by atoms with Gasteiger partial charge in [0.25, 0.3) is 5.56 Å². The van der Waals surface area contributed by atoms with E-state index in [2.05, 4.69) is 30.9 Å². The molecule has 0 aliphatic carbocycles. The molecule has 4 heterocycles. The number of nitrogens with zero attached hydrogens (tertiary/aromatic N) is 6. The lowest BCUT2D eigenvalue weighted by molar-refractivity contribution is 0.122. The maximum Gasteiger partial charge on any atom is 0.266 e. The van der Waals surface area contributed by atoms with Crippen molar-refractivity contribution in [1.29, 1.82) is 0 Å². The summed E-state index contributed by atoms with van der Waals surface area (Å²) >= 11 is 0. The Morgan fingerprint density at radius 3 is 2.64 bits per heavy atom. The Hall–Kier alpha value is -1.99. The predicted molar refractivity (Wildman–Crippen MR) is 95.4 cm³/mol. The fourth-order valence-electron chi connectivity index (χ4n) is 3.82. The lowest BCUT2D eigenvalue weighted by Crippen LogP contribution is -2.47. The number of hydrogen-bond acceptors (Lipinski definition) is 5. The molecule has 0 saturated carbocycles. The van der Waals surface area contributed by atoms with Crippen LogP contribution in [0.3, 0.4) is 0 Å². The number of rotatable bonds is 5. The number of aromatic nitrogens is 4. The van der Waals surface area contributed by atoms with Gasteiger partial charge in [0.1, 0.15) is 0 Å². The molecular formula is C18H26N6O. The molecule has 0 spiro atoms. The van der Waals surface area contributed by atoms with Gasteiger partial charge in [-0.1, -0.05) is 0 Å². The maximum absolute atomic E-state index is 11.7. The second kappa shape index (κ2) is 7.49. The molecular weight excluding hydrogens is 316 g/mol. The van der Waals surface area contributed by atoms with Crippen molar-refractivity contribution in [2.75, 3.05) is 32.7 Å². The Kier molecular flexibility index (Phi) is 4.94. The van der Waals surface area contributed by atoms with Crippen LogP contribution < -0.4 is 5.56 Å². The molecule has 7 heteroatoms. The molecule has 4 rings (SSSR count). The maximum atomic E-state index is 11.7. The van der Waals surface area contributed by atoms with Gasteiger partial charge in [-0.15, -0.1) is 0 Å². The van der Waals surface area contributed by atoms with Crippen LogP contribution in [0.15, 0.2) is 29.3 Å². The predicted octanol–water partition coefficient (Wildman–Crippen LogP) is 0.594. The van der Waals surface area contributed by atoms with Crippen LogP contribution in [0.5, 0.6) is 0 Å². The van der Waals surface area contributed by atoms with Crippen molar-refractivity contribution < 1.29 is 0 Å². The molecule has 0 radical (unpaired) electrons. The Bertz CT molecular complexity index is 759. The van der Waals surface area contributed by atoms with Gasteiger partial charge in [0.15, 0.2) is 0 Å². The van der Waals surface area contributed by atoms with E-state index in [1.165, 1.54) is 30.5 Å². The highest BCUT2D eigenvalue weighted by Gasteiger charge is 2.20. The number of hydrogen-bond donors (Lipinski definition) is 0. The number of aryl methyl sites for hydroxylation is 1. The topological polar surface area (TPSA) is 59.2 Å². The molecule has 0 amide bonds. The second-order valence-corrected chi connectivity index (χ2v) is 7.00. The van der Waals surface area contributed by atoms with Crippen LogP contribution in [-0.4, -0.2) is 62.1 Å². The third kappa shape index (κ3) is 3.82.